The Morgan fingerprint density at radius 3 is 2.39 bits per heavy atom. The molecule has 0 aliphatic carbocycles. The van der Waals surface area contributed by atoms with Gasteiger partial charge in [0, 0.05) is 17.9 Å². The number of nitrogen functional groups attached to an aromatic ring is 1. The number of nitrogens with zero attached hydrogens (tertiary/aromatic N) is 2. The van der Waals surface area contributed by atoms with Gasteiger partial charge < -0.3 is 21.7 Å². The van der Waals surface area contributed by atoms with Crippen LogP contribution in [0, 0.1) is 5.92 Å². The molecule has 0 spiro atoms. The van der Waals surface area contributed by atoms with Crippen molar-refractivity contribution < 1.29 is 0 Å². The standard InChI is InChI=1S/C22H26N6/c23-21-20(22(27-15-26-21)25-14-16-10-12-24-13-11-16)17-6-8-19(9-7-17)28-18-4-2-1-3-5-18/h1-9,15-16,24,28H,10-14H2,(H3,23,25,26,27). The average molecular weight is 374 g/mol. The second-order valence-electron chi connectivity index (χ2n) is 7.13. The number of hydrogen-bond donors (Lipinski definition) is 4. The van der Waals surface area contributed by atoms with E-state index in [1.807, 2.05) is 42.5 Å². The zero-order valence-corrected chi connectivity index (χ0v) is 15.9. The molecule has 3 aromatic rings. The van der Waals surface area contributed by atoms with Crippen molar-refractivity contribution in [1.82, 2.24) is 15.3 Å². The van der Waals surface area contributed by atoms with Crippen molar-refractivity contribution in [3.8, 4) is 11.1 Å². The van der Waals surface area contributed by atoms with Gasteiger partial charge in [-0.25, -0.2) is 9.97 Å². The van der Waals surface area contributed by atoms with Crippen LogP contribution in [0.3, 0.4) is 0 Å². The first-order valence-corrected chi connectivity index (χ1v) is 9.77. The molecule has 1 aromatic heterocycles. The van der Waals surface area contributed by atoms with Crippen LogP contribution in [0.5, 0.6) is 0 Å². The van der Waals surface area contributed by atoms with E-state index in [2.05, 4.69) is 38.1 Å². The lowest BCUT2D eigenvalue weighted by Crippen LogP contribution is -2.31. The maximum absolute atomic E-state index is 6.21. The smallest absolute Gasteiger partial charge is 0.139 e. The van der Waals surface area contributed by atoms with E-state index in [4.69, 9.17) is 5.73 Å². The predicted molar refractivity (Wildman–Crippen MR) is 116 cm³/mol. The molecule has 0 saturated carbocycles. The van der Waals surface area contributed by atoms with Crippen LogP contribution in [-0.2, 0) is 0 Å². The first-order chi connectivity index (χ1) is 13.8. The summed E-state index contributed by atoms with van der Waals surface area (Å²) in [6, 6.07) is 18.3. The number of rotatable bonds is 6. The highest BCUT2D eigenvalue weighted by Gasteiger charge is 2.16. The lowest BCUT2D eigenvalue weighted by Gasteiger charge is -2.23. The van der Waals surface area contributed by atoms with Crippen molar-refractivity contribution in [2.75, 3.05) is 36.0 Å². The first-order valence-electron chi connectivity index (χ1n) is 9.77. The number of para-hydroxylation sites is 1. The molecule has 0 radical (unpaired) electrons. The van der Waals surface area contributed by atoms with Gasteiger partial charge >= 0.3 is 0 Å². The molecule has 0 unspecified atom stereocenters. The lowest BCUT2D eigenvalue weighted by atomic mass is 9.98. The van der Waals surface area contributed by atoms with Crippen molar-refractivity contribution in [2.24, 2.45) is 5.92 Å². The summed E-state index contributed by atoms with van der Waals surface area (Å²) in [5.74, 6) is 1.95. The fourth-order valence-corrected chi connectivity index (χ4v) is 3.55. The van der Waals surface area contributed by atoms with E-state index in [9.17, 15) is 0 Å². The summed E-state index contributed by atoms with van der Waals surface area (Å²) in [4.78, 5) is 8.66. The van der Waals surface area contributed by atoms with E-state index in [0.29, 0.717) is 11.7 Å². The van der Waals surface area contributed by atoms with Gasteiger partial charge in [-0.1, -0.05) is 30.3 Å². The van der Waals surface area contributed by atoms with Gasteiger partial charge in [0.05, 0.1) is 5.56 Å². The van der Waals surface area contributed by atoms with E-state index >= 15 is 0 Å². The summed E-state index contributed by atoms with van der Waals surface area (Å²) in [6.07, 6.45) is 3.89. The van der Waals surface area contributed by atoms with Crippen LogP contribution >= 0.6 is 0 Å². The van der Waals surface area contributed by atoms with Crippen LogP contribution in [0.1, 0.15) is 12.8 Å². The molecule has 28 heavy (non-hydrogen) atoms. The van der Waals surface area contributed by atoms with Crippen LogP contribution in [-0.4, -0.2) is 29.6 Å². The topological polar surface area (TPSA) is 87.9 Å². The molecule has 0 amide bonds. The lowest BCUT2D eigenvalue weighted by molar-refractivity contribution is 0.389. The van der Waals surface area contributed by atoms with Gasteiger partial charge in [0.25, 0.3) is 0 Å². The van der Waals surface area contributed by atoms with Gasteiger partial charge in [0.15, 0.2) is 0 Å². The minimum absolute atomic E-state index is 0.492. The summed E-state index contributed by atoms with van der Waals surface area (Å²) in [5, 5.41) is 10.3. The predicted octanol–water partition coefficient (Wildman–Crippen LogP) is 3.88. The summed E-state index contributed by atoms with van der Waals surface area (Å²) in [5.41, 5.74) is 10.2. The summed E-state index contributed by atoms with van der Waals surface area (Å²) < 4.78 is 0. The van der Waals surface area contributed by atoms with Gasteiger partial charge in [-0.3, -0.25) is 0 Å². The van der Waals surface area contributed by atoms with E-state index < -0.39 is 0 Å². The van der Waals surface area contributed by atoms with Gasteiger partial charge in [0.1, 0.15) is 18.0 Å². The Kier molecular flexibility index (Phi) is 5.68. The van der Waals surface area contributed by atoms with Gasteiger partial charge in [-0.05, 0) is 61.7 Å². The van der Waals surface area contributed by atoms with Gasteiger partial charge in [0.2, 0.25) is 0 Å². The Balaban J connectivity index is 1.51. The van der Waals surface area contributed by atoms with Crippen molar-refractivity contribution >= 4 is 23.0 Å². The molecule has 2 aromatic carbocycles. The Bertz CT molecular complexity index is 889. The molecule has 144 valence electrons. The first kappa shape index (κ1) is 18.3. The van der Waals surface area contributed by atoms with Crippen LogP contribution in [0.25, 0.3) is 11.1 Å². The molecule has 2 heterocycles. The number of nitrogens with one attached hydrogen (secondary N) is 3. The number of hydrogen-bond acceptors (Lipinski definition) is 6. The van der Waals surface area contributed by atoms with E-state index in [1.54, 1.807) is 0 Å². The van der Waals surface area contributed by atoms with E-state index in [1.165, 1.54) is 19.2 Å². The zero-order valence-electron chi connectivity index (χ0n) is 15.9. The van der Waals surface area contributed by atoms with Crippen molar-refractivity contribution in [1.29, 1.82) is 0 Å². The van der Waals surface area contributed by atoms with Gasteiger partial charge in [-0.15, -0.1) is 0 Å². The molecule has 1 saturated heterocycles. The summed E-state index contributed by atoms with van der Waals surface area (Å²) in [6.45, 7) is 3.07. The summed E-state index contributed by atoms with van der Waals surface area (Å²) in [7, 11) is 0. The molecule has 5 N–H and O–H groups in total. The third-order valence-corrected chi connectivity index (χ3v) is 5.13. The maximum Gasteiger partial charge on any atom is 0.139 e. The molecule has 1 fully saturated rings. The highest BCUT2D eigenvalue weighted by molar-refractivity contribution is 5.84. The molecular formula is C22H26N6. The normalized spacial score (nSPS) is 14.6. The molecule has 6 nitrogen and oxygen atoms in total. The number of aromatic nitrogens is 2. The van der Waals surface area contributed by atoms with E-state index in [0.717, 1.165) is 48.0 Å². The minimum atomic E-state index is 0.492. The third-order valence-electron chi connectivity index (χ3n) is 5.13. The molecule has 4 rings (SSSR count). The monoisotopic (exact) mass is 374 g/mol. The number of anilines is 4. The third kappa shape index (κ3) is 4.40. The molecule has 1 aliphatic heterocycles. The number of benzene rings is 2. The Hall–Kier alpha value is -3.12. The molecule has 6 heteroatoms. The van der Waals surface area contributed by atoms with Crippen molar-refractivity contribution in [2.45, 2.75) is 12.8 Å². The van der Waals surface area contributed by atoms with Crippen LogP contribution in [0.4, 0.5) is 23.0 Å². The summed E-state index contributed by atoms with van der Waals surface area (Å²) >= 11 is 0. The Morgan fingerprint density at radius 1 is 0.929 bits per heavy atom. The fourth-order valence-electron chi connectivity index (χ4n) is 3.55. The number of piperidine rings is 1. The average Bonchev–Trinajstić information content (AvgIpc) is 2.75. The SMILES string of the molecule is Nc1ncnc(NCC2CCNCC2)c1-c1ccc(Nc2ccccc2)cc1. The molecule has 0 bridgehead atoms. The largest absolute Gasteiger partial charge is 0.383 e. The Labute approximate surface area is 165 Å². The van der Waals surface area contributed by atoms with Crippen LogP contribution in [0.2, 0.25) is 0 Å². The fraction of sp³-hybridized carbons (Fsp3) is 0.273. The van der Waals surface area contributed by atoms with Crippen LogP contribution in [0.15, 0.2) is 60.9 Å². The van der Waals surface area contributed by atoms with Crippen LogP contribution < -0.4 is 21.7 Å². The van der Waals surface area contributed by atoms with E-state index in [-0.39, 0.29) is 0 Å². The highest BCUT2D eigenvalue weighted by atomic mass is 15.0. The minimum Gasteiger partial charge on any atom is -0.383 e. The Morgan fingerprint density at radius 2 is 1.64 bits per heavy atom. The van der Waals surface area contributed by atoms with Gasteiger partial charge in [-0.2, -0.15) is 0 Å². The number of nitrogens with two attached hydrogens (primary N) is 1. The molecule has 0 atom stereocenters. The second kappa shape index (κ2) is 8.71. The van der Waals surface area contributed by atoms with Crippen molar-refractivity contribution in [3.63, 3.8) is 0 Å². The van der Waals surface area contributed by atoms with Crippen molar-refractivity contribution in [3.05, 3.63) is 60.9 Å². The quantitative estimate of drug-likeness (QED) is 0.524. The second-order valence-corrected chi connectivity index (χ2v) is 7.13. The molecule has 1 aliphatic rings. The maximum atomic E-state index is 6.21. The molecular weight excluding hydrogens is 348 g/mol. The zero-order chi connectivity index (χ0) is 19.2. The highest BCUT2D eigenvalue weighted by Crippen LogP contribution is 2.32.